The maximum atomic E-state index is 14.2. The molecule has 0 spiro atoms. The molecule has 0 aromatic heterocycles. The van der Waals surface area contributed by atoms with Gasteiger partial charge in [0.05, 0.1) is 20.8 Å². The fourth-order valence-corrected chi connectivity index (χ4v) is 3.10. The van der Waals surface area contributed by atoms with E-state index in [1.54, 1.807) is 23.5 Å². The molecule has 2 N–H and O–H groups in total. The van der Waals surface area contributed by atoms with E-state index in [9.17, 15) is 27.2 Å². The minimum absolute atomic E-state index is 0.0541. The van der Waals surface area contributed by atoms with Gasteiger partial charge in [0.1, 0.15) is 5.82 Å². The highest BCUT2D eigenvalue weighted by molar-refractivity contribution is 5.89. The normalized spacial score (nSPS) is 12.9. The van der Waals surface area contributed by atoms with Gasteiger partial charge in [0.25, 0.3) is 5.54 Å². The van der Waals surface area contributed by atoms with E-state index in [1.807, 2.05) is 0 Å². The lowest BCUT2D eigenvalue weighted by molar-refractivity contribution is -0.214. The third-order valence-electron chi connectivity index (χ3n) is 4.73. The van der Waals surface area contributed by atoms with Crippen LogP contribution in [-0.2, 0) is 21.5 Å². The summed E-state index contributed by atoms with van der Waals surface area (Å²) in [5, 5.41) is 4.00. The highest BCUT2D eigenvalue weighted by Crippen LogP contribution is 2.40. The Balaban J connectivity index is 2.23. The SMILES string of the molecule is CCOC(=O)C(NC(=O)NCCc1ccc(OC)c(OC)c1)(c1ccc(F)cc1)C(F)(F)F. The Labute approximate surface area is 188 Å². The lowest BCUT2D eigenvalue weighted by Gasteiger charge is -2.34. The molecule has 0 aliphatic rings. The Kier molecular flexibility index (Phi) is 8.50. The van der Waals surface area contributed by atoms with Crippen LogP contribution >= 0.6 is 0 Å². The van der Waals surface area contributed by atoms with Crippen molar-refractivity contribution in [3.63, 3.8) is 0 Å². The van der Waals surface area contributed by atoms with E-state index in [4.69, 9.17) is 9.47 Å². The molecule has 0 bridgehead atoms. The van der Waals surface area contributed by atoms with Crippen LogP contribution in [0.4, 0.5) is 22.4 Å². The summed E-state index contributed by atoms with van der Waals surface area (Å²) in [5.74, 6) is -1.60. The summed E-state index contributed by atoms with van der Waals surface area (Å²) in [6.45, 7) is 0.912. The fourth-order valence-electron chi connectivity index (χ4n) is 3.10. The molecular weight excluding hydrogens is 448 g/mol. The van der Waals surface area contributed by atoms with Gasteiger partial charge in [0.2, 0.25) is 0 Å². The first kappa shape index (κ1) is 25.8. The number of methoxy groups -OCH3 is 2. The zero-order chi connectivity index (χ0) is 24.6. The van der Waals surface area contributed by atoms with Gasteiger partial charge in [-0.2, -0.15) is 13.2 Å². The van der Waals surface area contributed by atoms with Crippen LogP contribution in [0.15, 0.2) is 42.5 Å². The molecule has 2 amide bonds. The molecule has 0 saturated heterocycles. The van der Waals surface area contributed by atoms with Crippen LogP contribution in [0.5, 0.6) is 11.5 Å². The topological polar surface area (TPSA) is 85.9 Å². The number of carbonyl (C=O) groups is 2. The van der Waals surface area contributed by atoms with Crippen molar-refractivity contribution in [3.8, 4) is 11.5 Å². The van der Waals surface area contributed by atoms with Gasteiger partial charge in [0.15, 0.2) is 11.5 Å². The van der Waals surface area contributed by atoms with Crippen molar-refractivity contribution in [2.75, 3.05) is 27.4 Å². The van der Waals surface area contributed by atoms with E-state index < -0.39 is 35.1 Å². The average Bonchev–Trinajstić information content (AvgIpc) is 2.77. The Morgan fingerprint density at radius 3 is 2.15 bits per heavy atom. The van der Waals surface area contributed by atoms with Crippen molar-refractivity contribution in [2.24, 2.45) is 0 Å². The quantitative estimate of drug-likeness (QED) is 0.429. The first-order valence-corrected chi connectivity index (χ1v) is 9.86. The lowest BCUT2D eigenvalue weighted by Crippen LogP contribution is -2.63. The van der Waals surface area contributed by atoms with Crippen LogP contribution < -0.4 is 20.1 Å². The van der Waals surface area contributed by atoms with Crippen LogP contribution in [0.1, 0.15) is 18.1 Å². The van der Waals surface area contributed by atoms with E-state index in [0.717, 1.165) is 29.8 Å². The Morgan fingerprint density at radius 2 is 1.61 bits per heavy atom. The number of esters is 1. The van der Waals surface area contributed by atoms with Crippen molar-refractivity contribution in [1.82, 2.24) is 10.6 Å². The van der Waals surface area contributed by atoms with E-state index in [2.05, 4.69) is 10.1 Å². The number of nitrogens with one attached hydrogen (secondary N) is 2. The van der Waals surface area contributed by atoms with Gasteiger partial charge in [0, 0.05) is 6.54 Å². The second-order valence-electron chi connectivity index (χ2n) is 6.80. The van der Waals surface area contributed by atoms with Gasteiger partial charge >= 0.3 is 18.2 Å². The molecule has 2 rings (SSSR count). The molecule has 0 saturated carbocycles. The number of benzene rings is 2. The van der Waals surface area contributed by atoms with Crippen LogP contribution in [0.3, 0.4) is 0 Å². The molecule has 1 unspecified atom stereocenters. The van der Waals surface area contributed by atoms with E-state index in [-0.39, 0.29) is 19.6 Å². The molecule has 0 aliphatic carbocycles. The highest BCUT2D eigenvalue weighted by Gasteiger charge is 2.64. The summed E-state index contributed by atoms with van der Waals surface area (Å²) >= 11 is 0. The molecule has 0 heterocycles. The molecule has 7 nitrogen and oxygen atoms in total. The molecule has 2 aromatic carbocycles. The van der Waals surface area contributed by atoms with Crippen molar-refractivity contribution in [3.05, 3.63) is 59.4 Å². The van der Waals surface area contributed by atoms with Gasteiger partial charge in [-0.05, 0) is 48.7 Å². The molecular formula is C22H24F4N2O5. The summed E-state index contributed by atoms with van der Waals surface area (Å²) in [7, 11) is 2.93. The number of carbonyl (C=O) groups excluding carboxylic acids is 2. The number of halogens is 4. The molecule has 0 aliphatic heterocycles. The predicted octanol–water partition coefficient (Wildman–Crippen LogP) is 3.71. The average molecular weight is 472 g/mol. The maximum Gasteiger partial charge on any atom is 0.426 e. The number of amides is 2. The van der Waals surface area contributed by atoms with Gasteiger partial charge in [-0.1, -0.05) is 18.2 Å². The van der Waals surface area contributed by atoms with Crippen LogP contribution in [0.25, 0.3) is 0 Å². The van der Waals surface area contributed by atoms with E-state index in [0.29, 0.717) is 11.5 Å². The zero-order valence-electron chi connectivity index (χ0n) is 18.2. The fraction of sp³-hybridized carbons (Fsp3) is 0.364. The van der Waals surface area contributed by atoms with Crippen molar-refractivity contribution >= 4 is 12.0 Å². The van der Waals surface area contributed by atoms with Crippen molar-refractivity contribution in [2.45, 2.75) is 25.1 Å². The number of rotatable bonds is 9. The Morgan fingerprint density at radius 1 is 0.970 bits per heavy atom. The highest BCUT2D eigenvalue weighted by atomic mass is 19.4. The number of ether oxygens (including phenoxy) is 3. The summed E-state index contributed by atoms with van der Waals surface area (Å²) in [6, 6.07) is 6.81. The summed E-state index contributed by atoms with van der Waals surface area (Å²) in [5.41, 5.74) is -3.49. The van der Waals surface area contributed by atoms with E-state index >= 15 is 0 Å². The maximum absolute atomic E-state index is 14.2. The first-order chi connectivity index (χ1) is 15.6. The van der Waals surface area contributed by atoms with Crippen molar-refractivity contribution in [1.29, 1.82) is 0 Å². The molecule has 1 atom stereocenters. The molecule has 2 aromatic rings. The molecule has 33 heavy (non-hydrogen) atoms. The number of hydrogen-bond acceptors (Lipinski definition) is 5. The van der Waals surface area contributed by atoms with Crippen molar-refractivity contribution < 1.29 is 41.4 Å². The largest absolute Gasteiger partial charge is 0.493 e. The van der Waals surface area contributed by atoms with Gasteiger partial charge in [-0.3, -0.25) is 0 Å². The number of hydrogen-bond donors (Lipinski definition) is 2. The smallest absolute Gasteiger partial charge is 0.426 e. The van der Waals surface area contributed by atoms with E-state index in [1.165, 1.54) is 21.1 Å². The van der Waals surface area contributed by atoms with Gasteiger partial charge in [-0.15, -0.1) is 0 Å². The molecule has 0 fully saturated rings. The molecule has 0 radical (unpaired) electrons. The second-order valence-corrected chi connectivity index (χ2v) is 6.80. The number of alkyl halides is 3. The minimum atomic E-state index is -5.28. The molecule has 11 heteroatoms. The monoisotopic (exact) mass is 472 g/mol. The van der Waals surface area contributed by atoms with Gasteiger partial charge in [-0.25, -0.2) is 14.0 Å². The molecule has 180 valence electrons. The summed E-state index contributed by atoms with van der Waals surface area (Å²) in [6.07, 6.45) is -5.03. The zero-order valence-corrected chi connectivity index (χ0v) is 18.2. The standard InChI is InChI=1S/C22H24F4N2O5/c1-4-33-19(29)21(22(24,25)26,15-6-8-16(23)9-7-15)28-20(30)27-12-11-14-5-10-17(31-2)18(13-14)32-3/h5-10,13H,4,11-12H2,1-3H3,(H2,27,28,30). The summed E-state index contributed by atoms with van der Waals surface area (Å²) < 4.78 is 70.8. The third kappa shape index (κ3) is 5.85. The minimum Gasteiger partial charge on any atom is -0.493 e. The Hall–Kier alpha value is -3.50. The van der Waals surface area contributed by atoms with Crippen LogP contribution in [-0.4, -0.2) is 45.5 Å². The van der Waals surface area contributed by atoms with Crippen LogP contribution in [0.2, 0.25) is 0 Å². The second kappa shape index (κ2) is 10.9. The first-order valence-electron chi connectivity index (χ1n) is 9.86. The lowest BCUT2D eigenvalue weighted by atomic mass is 9.89. The number of urea groups is 1. The Bertz CT molecular complexity index is 966. The van der Waals surface area contributed by atoms with Crippen LogP contribution in [0, 0.1) is 5.82 Å². The summed E-state index contributed by atoms with van der Waals surface area (Å²) in [4.78, 5) is 24.9. The third-order valence-corrected chi connectivity index (χ3v) is 4.73. The predicted molar refractivity (Wildman–Crippen MR) is 111 cm³/mol. The van der Waals surface area contributed by atoms with Gasteiger partial charge < -0.3 is 24.8 Å².